The number of likely N-dealkylation sites (tertiary alicyclic amines) is 1. The van der Waals surface area contributed by atoms with E-state index in [0.717, 1.165) is 11.1 Å². The van der Waals surface area contributed by atoms with E-state index in [0.29, 0.717) is 37.3 Å². The summed E-state index contributed by atoms with van der Waals surface area (Å²) in [6, 6.07) is 14.7. The topological polar surface area (TPSA) is 152 Å². The first kappa shape index (κ1) is 29.1. The molecule has 2 atom stereocenters. The molecule has 0 radical (unpaired) electrons. The number of nitrogens with zero attached hydrogens (tertiary/aromatic N) is 6. The molecule has 222 valence electrons. The minimum atomic E-state index is -0.509. The normalized spacial score (nSPS) is 20.1. The molecule has 13 heteroatoms. The lowest BCUT2D eigenvalue weighted by molar-refractivity contribution is -0.140. The van der Waals surface area contributed by atoms with Gasteiger partial charge in [-0.1, -0.05) is 24.3 Å². The van der Waals surface area contributed by atoms with E-state index in [4.69, 9.17) is 9.47 Å². The third-order valence-corrected chi connectivity index (χ3v) is 7.34. The highest BCUT2D eigenvalue weighted by Crippen LogP contribution is 2.25. The van der Waals surface area contributed by atoms with Gasteiger partial charge in [0.1, 0.15) is 18.0 Å². The van der Waals surface area contributed by atoms with E-state index in [-0.39, 0.29) is 69.6 Å². The van der Waals surface area contributed by atoms with Crippen LogP contribution >= 0.6 is 0 Å². The van der Waals surface area contributed by atoms with Crippen LogP contribution in [0.15, 0.2) is 54.9 Å². The fourth-order valence-corrected chi connectivity index (χ4v) is 5.13. The predicted molar refractivity (Wildman–Crippen MR) is 149 cm³/mol. The SMILES string of the molecule is O=C1CN(CCCO)C(=O)CCc2ccc(cc2)Oc2cccc(c2)CO[C@H]2CCN(C(=O)Cn3ncnn3)C[C@@H]2N1. The molecule has 0 unspecified atom stereocenters. The van der Waals surface area contributed by atoms with E-state index in [2.05, 4.69) is 20.7 Å². The van der Waals surface area contributed by atoms with Gasteiger partial charge in [0.05, 0.1) is 25.3 Å². The predicted octanol–water partition coefficient (Wildman–Crippen LogP) is 0.925. The minimum absolute atomic E-state index is 0.0653. The molecule has 1 aromatic heterocycles. The number of carbonyl (C=O) groups is 3. The lowest BCUT2D eigenvalue weighted by Gasteiger charge is -2.39. The van der Waals surface area contributed by atoms with Gasteiger partial charge in [-0.25, -0.2) is 0 Å². The Morgan fingerprint density at radius 3 is 2.71 bits per heavy atom. The zero-order valence-electron chi connectivity index (χ0n) is 23.3. The largest absolute Gasteiger partial charge is 0.457 e. The number of aromatic nitrogens is 4. The first-order valence-electron chi connectivity index (χ1n) is 14.1. The van der Waals surface area contributed by atoms with Crippen LogP contribution in [0.2, 0.25) is 0 Å². The van der Waals surface area contributed by atoms with Gasteiger partial charge in [-0.3, -0.25) is 14.4 Å². The van der Waals surface area contributed by atoms with Crippen LogP contribution in [0.4, 0.5) is 0 Å². The Labute approximate surface area is 243 Å². The number of aryl methyl sites for hydroxylation is 1. The van der Waals surface area contributed by atoms with Crippen molar-refractivity contribution in [1.29, 1.82) is 0 Å². The summed E-state index contributed by atoms with van der Waals surface area (Å²) in [6.07, 6.45) is 2.47. The third kappa shape index (κ3) is 7.89. The maximum atomic E-state index is 13.3. The minimum Gasteiger partial charge on any atom is -0.457 e. The summed E-state index contributed by atoms with van der Waals surface area (Å²) in [5.41, 5.74) is 1.88. The molecule has 2 N–H and O–H groups in total. The van der Waals surface area contributed by atoms with E-state index in [1.165, 1.54) is 16.0 Å². The highest BCUT2D eigenvalue weighted by molar-refractivity contribution is 5.85. The second-order valence-electron chi connectivity index (χ2n) is 10.4. The molecule has 6 rings (SSSR count). The fraction of sp³-hybridized carbons (Fsp3) is 0.448. The molecule has 3 aliphatic heterocycles. The van der Waals surface area contributed by atoms with E-state index in [1.807, 2.05) is 48.5 Å². The highest BCUT2D eigenvalue weighted by Gasteiger charge is 2.34. The second-order valence-corrected chi connectivity index (χ2v) is 10.4. The van der Waals surface area contributed by atoms with Crippen LogP contribution < -0.4 is 10.1 Å². The van der Waals surface area contributed by atoms with Gasteiger partial charge >= 0.3 is 0 Å². The molecule has 4 bridgehead atoms. The first-order chi connectivity index (χ1) is 20.5. The van der Waals surface area contributed by atoms with Crippen LogP contribution in [0, 0.1) is 0 Å². The number of fused-ring (bicyclic) bond motifs is 9. The van der Waals surface area contributed by atoms with Gasteiger partial charge in [0.2, 0.25) is 17.7 Å². The number of amides is 3. The number of ether oxygens (including phenoxy) is 2. The molecule has 2 aromatic carbocycles. The van der Waals surface area contributed by atoms with E-state index >= 15 is 0 Å². The number of rotatable bonds is 5. The molecular weight excluding hydrogens is 542 g/mol. The zero-order valence-corrected chi connectivity index (χ0v) is 23.3. The van der Waals surface area contributed by atoms with Crippen LogP contribution in [-0.2, 0) is 38.7 Å². The molecule has 3 amide bonds. The number of benzene rings is 2. The standard InChI is InChI=1S/C29H35N7O6/c37-14-2-12-34-17-27(38)32-25-16-35(29(40)18-36-31-20-30-33-36)13-11-26(25)41-19-22-3-1-4-24(15-22)42-23-8-5-21(6-9-23)7-10-28(34)39/h1,3-6,8-9,15,20,25-26,37H,2,7,10-14,16-19H2,(H,32,38)/t25-,26-/m0/s1. The summed E-state index contributed by atoms with van der Waals surface area (Å²) in [6.45, 7) is 0.883. The van der Waals surface area contributed by atoms with Crippen molar-refractivity contribution in [3.8, 4) is 11.5 Å². The summed E-state index contributed by atoms with van der Waals surface area (Å²) in [5.74, 6) is 0.612. The molecule has 1 saturated heterocycles. The van der Waals surface area contributed by atoms with Crippen molar-refractivity contribution in [2.45, 2.75) is 51.0 Å². The van der Waals surface area contributed by atoms with Gasteiger partial charge in [-0.05, 0) is 59.9 Å². The average Bonchev–Trinajstić information content (AvgIpc) is 3.51. The number of aliphatic hydroxyl groups excluding tert-OH is 1. The van der Waals surface area contributed by atoms with Crippen molar-refractivity contribution < 1.29 is 29.0 Å². The molecule has 0 spiro atoms. The summed E-state index contributed by atoms with van der Waals surface area (Å²) in [4.78, 5) is 43.7. The van der Waals surface area contributed by atoms with E-state index in [1.54, 1.807) is 4.90 Å². The number of aliphatic hydroxyl groups is 1. The van der Waals surface area contributed by atoms with Gasteiger partial charge in [0.15, 0.2) is 6.33 Å². The fourth-order valence-electron chi connectivity index (χ4n) is 5.13. The van der Waals surface area contributed by atoms with Gasteiger partial charge in [0.25, 0.3) is 0 Å². The number of carbonyl (C=O) groups excluding carboxylic acids is 3. The van der Waals surface area contributed by atoms with Gasteiger partial charge < -0.3 is 29.7 Å². The van der Waals surface area contributed by atoms with E-state index < -0.39 is 6.04 Å². The lowest BCUT2D eigenvalue weighted by Crippen LogP contribution is -2.58. The Hall–Kier alpha value is -4.36. The first-order valence-corrected chi connectivity index (χ1v) is 14.1. The number of hydrogen-bond acceptors (Lipinski definition) is 9. The smallest absolute Gasteiger partial charge is 0.246 e. The third-order valence-electron chi connectivity index (χ3n) is 7.34. The quantitative estimate of drug-likeness (QED) is 0.451. The summed E-state index contributed by atoms with van der Waals surface area (Å²) in [7, 11) is 0. The number of piperidine rings is 1. The molecule has 42 heavy (non-hydrogen) atoms. The van der Waals surface area contributed by atoms with Gasteiger partial charge in [-0.2, -0.15) is 4.80 Å². The molecule has 3 aliphatic rings. The molecule has 1 fully saturated rings. The molecular formula is C29H35N7O6. The lowest BCUT2D eigenvalue weighted by atomic mass is 10.0. The van der Waals surface area contributed by atoms with Crippen LogP contribution in [-0.4, -0.2) is 97.8 Å². The Morgan fingerprint density at radius 2 is 1.93 bits per heavy atom. The summed E-state index contributed by atoms with van der Waals surface area (Å²) < 4.78 is 12.4. The maximum Gasteiger partial charge on any atom is 0.246 e. The van der Waals surface area contributed by atoms with Gasteiger partial charge in [-0.15, -0.1) is 10.2 Å². The summed E-state index contributed by atoms with van der Waals surface area (Å²) in [5, 5.41) is 23.7. The van der Waals surface area contributed by atoms with Crippen molar-refractivity contribution in [3.63, 3.8) is 0 Å². The van der Waals surface area contributed by atoms with Gasteiger partial charge in [0, 0.05) is 32.7 Å². The molecule has 0 aliphatic carbocycles. The van der Waals surface area contributed by atoms with Crippen LogP contribution in [0.3, 0.4) is 0 Å². The van der Waals surface area contributed by atoms with Crippen LogP contribution in [0.5, 0.6) is 11.5 Å². The molecule has 4 heterocycles. The number of hydrogen-bond donors (Lipinski definition) is 2. The number of tetrazole rings is 1. The van der Waals surface area contributed by atoms with Crippen molar-refractivity contribution in [2.24, 2.45) is 0 Å². The van der Waals surface area contributed by atoms with Crippen molar-refractivity contribution in [2.75, 3.05) is 32.8 Å². The monoisotopic (exact) mass is 577 g/mol. The summed E-state index contributed by atoms with van der Waals surface area (Å²) >= 11 is 0. The van der Waals surface area contributed by atoms with Crippen LogP contribution in [0.1, 0.15) is 30.4 Å². The van der Waals surface area contributed by atoms with Crippen molar-refractivity contribution in [3.05, 3.63) is 66.0 Å². The van der Waals surface area contributed by atoms with Crippen molar-refractivity contribution >= 4 is 17.7 Å². The molecule has 13 nitrogen and oxygen atoms in total. The number of nitrogens with one attached hydrogen (secondary N) is 1. The second kappa shape index (κ2) is 14.0. The van der Waals surface area contributed by atoms with Crippen molar-refractivity contribution in [1.82, 2.24) is 35.3 Å². The Bertz CT molecular complexity index is 1350. The van der Waals surface area contributed by atoms with Crippen LogP contribution in [0.25, 0.3) is 0 Å². The highest BCUT2D eigenvalue weighted by atomic mass is 16.5. The Kier molecular flexibility index (Phi) is 9.72. The zero-order chi connectivity index (χ0) is 29.3. The maximum absolute atomic E-state index is 13.3. The molecule has 0 saturated carbocycles. The van der Waals surface area contributed by atoms with E-state index in [9.17, 15) is 19.5 Å². The Balaban J connectivity index is 1.36. The Morgan fingerprint density at radius 1 is 1.07 bits per heavy atom. The molecule has 3 aromatic rings. The average molecular weight is 578 g/mol.